The highest BCUT2D eigenvalue weighted by molar-refractivity contribution is 5.42. The lowest BCUT2D eigenvalue weighted by Gasteiger charge is -2.20. The van der Waals surface area contributed by atoms with Crippen LogP contribution >= 0.6 is 0 Å². The van der Waals surface area contributed by atoms with Gasteiger partial charge in [0.1, 0.15) is 5.82 Å². The third kappa shape index (κ3) is 4.03. The Balaban J connectivity index is 2.60. The minimum absolute atomic E-state index is 0.147. The van der Waals surface area contributed by atoms with E-state index in [0.29, 0.717) is 24.2 Å². The maximum absolute atomic E-state index is 10.00. The van der Waals surface area contributed by atoms with Crippen molar-refractivity contribution < 1.29 is 9.84 Å². The van der Waals surface area contributed by atoms with Crippen molar-refractivity contribution in [2.45, 2.75) is 32.8 Å². The number of nitrogens with one attached hydrogen (secondary N) is 1. The Bertz CT molecular complexity index is 369. The van der Waals surface area contributed by atoms with Crippen LogP contribution in [0.4, 0.5) is 11.8 Å². The van der Waals surface area contributed by atoms with E-state index in [1.807, 2.05) is 0 Å². The van der Waals surface area contributed by atoms with Gasteiger partial charge in [0.2, 0.25) is 11.8 Å². The molecule has 6 heteroatoms. The molecular weight excluding hydrogens is 232 g/mol. The molecule has 4 N–H and O–H groups in total. The number of nitrogens with zero attached hydrogens (tertiary/aromatic N) is 2. The molecule has 0 spiro atoms. The third-order valence-electron chi connectivity index (χ3n) is 3.01. The molecule has 0 radical (unpaired) electrons. The lowest BCUT2D eigenvalue weighted by atomic mass is 9.97. The Hall–Kier alpha value is -1.56. The van der Waals surface area contributed by atoms with Gasteiger partial charge >= 0.3 is 0 Å². The van der Waals surface area contributed by atoms with Crippen LogP contribution in [-0.4, -0.2) is 34.8 Å². The molecule has 0 amide bonds. The second-order valence-electron chi connectivity index (χ2n) is 4.18. The van der Waals surface area contributed by atoms with E-state index in [-0.39, 0.29) is 5.95 Å². The third-order valence-corrected chi connectivity index (χ3v) is 3.01. The molecule has 18 heavy (non-hydrogen) atoms. The van der Waals surface area contributed by atoms with Crippen LogP contribution in [0.2, 0.25) is 0 Å². The molecule has 1 heterocycles. The molecule has 1 rings (SSSR count). The molecule has 1 unspecified atom stereocenters. The van der Waals surface area contributed by atoms with E-state index in [4.69, 9.17) is 10.5 Å². The van der Waals surface area contributed by atoms with E-state index in [9.17, 15) is 5.11 Å². The molecule has 1 atom stereocenters. The molecule has 0 aliphatic heterocycles. The zero-order valence-corrected chi connectivity index (χ0v) is 11.2. The summed E-state index contributed by atoms with van der Waals surface area (Å²) in [6.07, 6.45) is 1.51. The van der Waals surface area contributed by atoms with Gasteiger partial charge in [0, 0.05) is 12.6 Å². The Labute approximate surface area is 108 Å². The summed E-state index contributed by atoms with van der Waals surface area (Å²) in [5.74, 6) is 1.40. The van der Waals surface area contributed by atoms with E-state index in [1.54, 1.807) is 6.07 Å². The van der Waals surface area contributed by atoms with Gasteiger partial charge in [-0.25, -0.2) is 0 Å². The molecular formula is C12H22N4O2. The Morgan fingerprint density at radius 2 is 2.06 bits per heavy atom. The van der Waals surface area contributed by atoms with Gasteiger partial charge < -0.3 is 20.9 Å². The number of methoxy groups -OCH3 is 1. The highest BCUT2D eigenvalue weighted by Crippen LogP contribution is 2.16. The number of anilines is 2. The van der Waals surface area contributed by atoms with Gasteiger partial charge in [0.25, 0.3) is 0 Å². The van der Waals surface area contributed by atoms with Crippen molar-refractivity contribution in [1.82, 2.24) is 9.97 Å². The molecule has 0 aliphatic rings. The average Bonchev–Trinajstić information content (AvgIpc) is 2.37. The molecule has 102 valence electrons. The van der Waals surface area contributed by atoms with Crippen molar-refractivity contribution in [2.24, 2.45) is 5.92 Å². The quantitative estimate of drug-likeness (QED) is 0.678. The molecule has 1 aromatic heterocycles. The summed E-state index contributed by atoms with van der Waals surface area (Å²) < 4.78 is 5.00. The minimum Gasteiger partial charge on any atom is -0.481 e. The second kappa shape index (κ2) is 7.00. The summed E-state index contributed by atoms with van der Waals surface area (Å²) in [6.45, 7) is 4.58. The zero-order valence-electron chi connectivity index (χ0n) is 11.2. The fourth-order valence-corrected chi connectivity index (χ4v) is 1.85. The Morgan fingerprint density at radius 3 is 2.61 bits per heavy atom. The number of hydrogen-bond donors (Lipinski definition) is 3. The maximum Gasteiger partial charge on any atom is 0.225 e. The van der Waals surface area contributed by atoms with Crippen LogP contribution in [0.15, 0.2) is 6.07 Å². The predicted octanol–water partition coefficient (Wildman–Crippen LogP) is 1.28. The van der Waals surface area contributed by atoms with Gasteiger partial charge in [0.15, 0.2) is 0 Å². The topological polar surface area (TPSA) is 93.3 Å². The molecule has 0 fully saturated rings. The molecule has 0 saturated carbocycles. The van der Waals surface area contributed by atoms with Crippen LogP contribution < -0.4 is 15.8 Å². The van der Waals surface area contributed by atoms with Crippen LogP contribution in [0.25, 0.3) is 0 Å². The first-order chi connectivity index (χ1) is 8.60. The summed E-state index contributed by atoms with van der Waals surface area (Å²) in [7, 11) is 1.52. The van der Waals surface area contributed by atoms with Gasteiger partial charge in [0.05, 0.1) is 13.2 Å². The number of aromatic nitrogens is 2. The fourth-order valence-electron chi connectivity index (χ4n) is 1.85. The zero-order chi connectivity index (χ0) is 13.5. The molecule has 0 aromatic carbocycles. The number of ether oxygens (including phenoxy) is 1. The number of aliphatic hydroxyl groups excluding tert-OH is 1. The Morgan fingerprint density at radius 1 is 1.39 bits per heavy atom. The van der Waals surface area contributed by atoms with Crippen molar-refractivity contribution in [3.05, 3.63) is 6.07 Å². The van der Waals surface area contributed by atoms with Crippen molar-refractivity contribution in [3.63, 3.8) is 0 Å². The lowest BCUT2D eigenvalue weighted by Crippen LogP contribution is -2.28. The summed E-state index contributed by atoms with van der Waals surface area (Å²) in [5, 5.41) is 13.0. The van der Waals surface area contributed by atoms with E-state index in [1.165, 1.54) is 7.11 Å². The number of nitrogens with two attached hydrogens (primary N) is 1. The molecule has 0 bridgehead atoms. The summed E-state index contributed by atoms with van der Waals surface area (Å²) in [6, 6.07) is 1.65. The van der Waals surface area contributed by atoms with Gasteiger partial charge in [-0.15, -0.1) is 0 Å². The SMILES string of the molecule is CCC(CC)C(O)CNc1cc(OC)nc(N)n1. The number of aliphatic hydroxyl groups is 1. The predicted molar refractivity (Wildman–Crippen MR) is 71.6 cm³/mol. The molecule has 1 aromatic rings. The van der Waals surface area contributed by atoms with Gasteiger partial charge in [-0.1, -0.05) is 26.7 Å². The first kappa shape index (κ1) is 14.5. The monoisotopic (exact) mass is 254 g/mol. The summed E-state index contributed by atoms with van der Waals surface area (Å²) in [4.78, 5) is 7.92. The van der Waals surface area contributed by atoms with Crippen molar-refractivity contribution >= 4 is 11.8 Å². The van der Waals surface area contributed by atoms with Crippen molar-refractivity contribution in [1.29, 1.82) is 0 Å². The Kier molecular flexibility index (Phi) is 5.64. The molecule has 0 saturated heterocycles. The first-order valence-corrected chi connectivity index (χ1v) is 6.21. The standard InChI is InChI=1S/C12H22N4O2/c1-4-8(5-2)9(17)7-14-10-6-11(18-3)16-12(13)15-10/h6,8-9,17H,4-5,7H2,1-3H3,(H3,13,14,15,16). The summed E-state index contributed by atoms with van der Waals surface area (Å²) >= 11 is 0. The highest BCUT2D eigenvalue weighted by atomic mass is 16.5. The minimum atomic E-state index is -0.401. The van der Waals surface area contributed by atoms with Crippen LogP contribution in [0, 0.1) is 5.92 Å². The number of hydrogen-bond acceptors (Lipinski definition) is 6. The second-order valence-corrected chi connectivity index (χ2v) is 4.18. The number of rotatable bonds is 7. The van der Waals surface area contributed by atoms with Crippen molar-refractivity contribution in [2.75, 3.05) is 24.7 Å². The first-order valence-electron chi connectivity index (χ1n) is 6.21. The van der Waals surface area contributed by atoms with E-state index < -0.39 is 6.10 Å². The lowest BCUT2D eigenvalue weighted by molar-refractivity contribution is 0.114. The van der Waals surface area contributed by atoms with Gasteiger partial charge in [-0.2, -0.15) is 9.97 Å². The van der Waals surface area contributed by atoms with Gasteiger partial charge in [-0.3, -0.25) is 0 Å². The van der Waals surface area contributed by atoms with Crippen molar-refractivity contribution in [3.8, 4) is 5.88 Å². The maximum atomic E-state index is 10.00. The van der Waals surface area contributed by atoms with Crippen LogP contribution in [0.3, 0.4) is 0 Å². The van der Waals surface area contributed by atoms with E-state index in [2.05, 4.69) is 29.1 Å². The van der Waals surface area contributed by atoms with E-state index >= 15 is 0 Å². The van der Waals surface area contributed by atoms with E-state index in [0.717, 1.165) is 12.8 Å². The van der Waals surface area contributed by atoms with Crippen LogP contribution in [0.5, 0.6) is 5.88 Å². The van der Waals surface area contributed by atoms with Crippen LogP contribution in [0.1, 0.15) is 26.7 Å². The fraction of sp³-hybridized carbons (Fsp3) is 0.667. The normalized spacial score (nSPS) is 12.5. The summed E-state index contributed by atoms with van der Waals surface area (Å²) in [5.41, 5.74) is 5.55. The largest absolute Gasteiger partial charge is 0.481 e. The highest BCUT2D eigenvalue weighted by Gasteiger charge is 2.15. The van der Waals surface area contributed by atoms with Crippen LogP contribution in [-0.2, 0) is 0 Å². The smallest absolute Gasteiger partial charge is 0.225 e. The van der Waals surface area contributed by atoms with Gasteiger partial charge in [-0.05, 0) is 5.92 Å². The average molecular weight is 254 g/mol. The number of nitrogen functional groups attached to an aromatic ring is 1. The molecule has 6 nitrogen and oxygen atoms in total. The molecule has 0 aliphatic carbocycles.